The number of carbonyl (C=O) groups excluding carboxylic acids is 1. The predicted molar refractivity (Wildman–Crippen MR) is 109 cm³/mol. The van der Waals surface area contributed by atoms with Crippen LogP contribution in [0.2, 0.25) is 0 Å². The number of ketones is 1. The van der Waals surface area contributed by atoms with Gasteiger partial charge in [0.05, 0.1) is 13.2 Å². The summed E-state index contributed by atoms with van der Waals surface area (Å²) in [7, 11) is 0. The van der Waals surface area contributed by atoms with Crippen molar-refractivity contribution in [3.05, 3.63) is 51.5 Å². The maximum absolute atomic E-state index is 11.8. The predicted octanol–water partition coefficient (Wildman–Crippen LogP) is 3.34. The molecule has 3 aromatic heterocycles. The largest absolute Gasteiger partial charge is 0.477 e. The van der Waals surface area contributed by atoms with Crippen molar-refractivity contribution in [1.82, 2.24) is 25.1 Å². The number of aromatic nitrogens is 5. The number of Topliss-reactive ketones (excluding diaryl/α,β-unsaturated/α-hetero) is 1. The molecule has 1 saturated carbocycles. The zero-order chi connectivity index (χ0) is 20.4. The minimum absolute atomic E-state index is 0.131. The normalized spacial score (nSPS) is 17.8. The average Bonchev–Trinajstić information content (AvgIpc) is 3.37. The minimum Gasteiger partial charge on any atom is -0.477 e. The lowest BCUT2D eigenvalue weighted by Crippen LogP contribution is -2.10. The van der Waals surface area contributed by atoms with E-state index in [0.29, 0.717) is 36.7 Å². The Kier molecular flexibility index (Phi) is 5.48. The first-order chi connectivity index (χ1) is 14.0. The van der Waals surface area contributed by atoms with E-state index in [4.69, 9.17) is 4.74 Å². The minimum atomic E-state index is -0.210. The number of pyridine rings is 1. The first kappa shape index (κ1) is 19.4. The summed E-state index contributed by atoms with van der Waals surface area (Å²) in [6.07, 6.45) is 2.94. The molecule has 1 fully saturated rings. The van der Waals surface area contributed by atoms with Crippen molar-refractivity contribution in [1.29, 1.82) is 0 Å². The molecule has 3 aromatic rings. The fraction of sp³-hybridized carbons (Fsp3) is 0.400. The van der Waals surface area contributed by atoms with Crippen molar-refractivity contribution in [2.24, 2.45) is 5.92 Å². The fourth-order valence-corrected chi connectivity index (χ4v) is 3.66. The van der Waals surface area contributed by atoms with Gasteiger partial charge in [-0.3, -0.25) is 9.78 Å². The number of ether oxygens (including phenoxy) is 1. The summed E-state index contributed by atoms with van der Waals surface area (Å²) in [5.74, 6) is 1.67. The van der Waals surface area contributed by atoms with Crippen molar-refractivity contribution in [2.45, 2.75) is 39.7 Å². The lowest BCUT2D eigenvalue weighted by molar-refractivity contribution is 0.100. The second kappa shape index (κ2) is 8.20. The number of nitrogens with one attached hydrogen (secondary N) is 1. The van der Waals surface area contributed by atoms with Crippen molar-refractivity contribution >= 4 is 22.9 Å². The van der Waals surface area contributed by atoms with Gasteiger partial charge >= 0.3 is 0 Å². The molecule has 0 bridgehead atoms. The van der Waals surface area contributed by atoms with Gasteiger partial charge in [0.25, 0.3) is 0 Å². The summed E-state index contributed by atoms with van der Waals surface area (Å²) in [6, 6.07) is 5.87. The SMILES string of the molecule is CC(=O)c1nc(NCc2nnc(C)s2)cc(OCC2C[C@@H]2c2ccc(C)cn2)n1. The number of hydrogen-bond donors (Lipinski definition) is 1. The molecule has 0 amide bonds. The lowest BCUT2D eigenvalue weighted by Gasteiger charge is -2.09. The van der Waals surface area contributed by atoms with Crippen molar-refractivity contribution < 1.29 is 9.53 Å². The summed E-state index contributed by atoms with van der Waals surface area (Å²) in [6.45, 7) is 6.39. The van der Waals surface area contributed by atoms with Gasteiger partial charge in [-0.15, -0.1) is 10.2 Å². The maximum atomic E-state index is 11.8. The number of rotatable bonds is 8. The van der Waals surface area contributed by atoms with Crippen LogP contribution in [0.25, 0.3) is 0 Å². The molecule has 0 aromatic carbocycles. The Morgan fingerprint density at radius 2 is 2.14 bits per heavy atom. The van der Waals surface area contributed by atoms with Gasteiger partial charge in [-0.25, -0.2) is 4.98 Å². The third kappa shape index (κ3) is 4.92. The smallest absolute Gasteiger partial charge is 0.219 e. The van der Waals surface area contributed by atoms with Crippen LogP contribution in [0.5, 0.6) is 5.88 Å². The van der Waals surface area contributed by atoms with E-state index in [9.17, 15) is 4.79 Å². The average molecular weight is 411 g/mol. The van der Waals surface area contributed by atoms with Crippen LogP contribution in [-0.2, 0) is 6.54 Å². The zero-order valence-corrected chi connectivity index (χ0v) is 17.4. The Morgan fingerprint density at radius 1 is 1.28 bits per heavy atom. The van der Waals surface area contributed by atoms with Crippen LogP contribution in [0.4, 0.5) is 5.82 Å². The van der Waals surface area contributed by atoms with Crippen molar-refractivity contribution in [3.8, 4) is 5.88 Å². The van der Waals surface area contributed by atoms with Gasteiger partial charge in [-0.05, 0) is 31.9 Å². The van der Waals surface area contributed by atoms with E-state index < -0.39 is 0 Å². The number of hydrogen-bond acceptors (Lipinski definition) is 9. The Balaban J connectivity index is 1.39. The third-order valence-corrected chi connectivity index (χ3v) is 5.53. The van der Waals surface area contributed by atoms with E-state index in [1.807, 2.05) is 20.0 Å². The number of nitrogens with zero attached hydrogens (tertiary/aromatic N) is 5. The van der Waals surface area contributed by atoms with E-state index in [2.05, 4.69) is 42.6 Å². The molecule has 1 N–H and O–H groups in total. The second-order valence-corrected chi connectivity index (χ2v) is 8.48. The molecule has 1 aliphatic rings. The van der Waals surface area contributed by atoms with Crippen LogP contribution in [0, 0.1) is 19.8 Å². The van der Waals surface area contributed by atoms with Gasteiger partial charge in [0, 0.05) is 36.7 Å². The molecule has 29 heavy (non-hydrogen) atoms. The highest BCUT2D eigenvalue weighted by Gasteiger charge is 2.40. The van der Waals surface area contributed by atoms with Crippen LogP contribution in [0.1, 0.15) is 51.2 Å². The van der Waals surface area contributed by atoms with Gasteiger partial charge in [0.2, 0.25) is 11.7 Å². The summed E-state index contributed by atoms with van der Waals surface area (Å²) >= 11 is 1.51. The molecule has 1 unspecified atom stereocenters. The van der Waals surface area contributed by atoms with E-state index in [1.165, 1.54) is 18.3 Å². The topological polar surface area (TPSA) is 103 Å². The highest BCUT2D eigenvalue weighted by molar-refractivity contribution is 7.11. The number of aryl methyl sites for hydroxylation is 2. The molecule has 0 radical (unpaired) electrons. The molecule has 150 valence electrons. The Morgan fingerprint density at radius 3 is 2.83 bits per heavy atom. The molecule has 0 spiro atoms. The molecular formula is C20H22N6O2S. The molecule has 9 heteroatoms. The van der Waals surface area contributed by atoms with E-state index >= 15 is 0 Å². The molecular weight excluding hydrogens is 388 g/mol. The summed E-state index contributed by atoms with van der Waals surface area (Å²) in [5, 5.41) is 13.0. The molecule has 4 rings (SSSR count). The Hall–Kier alpha value is -2.94. The number of anilines is 1. The van der Waals surface area contributed by atoms with Crippen molar-refractivity contribution in [2.75, 3.05) is 11.9 Å². The Labute approximate surface area is 172 Å². The monoisotopic (exact) mass is 410 g/mol. The van der Waals surface area contributed by atoms with Crippen LogP contribution >= 0.6 is 11.3 Å². The van der Waals surface area contributed by atoms with E-state index in [0.717, 1.165) is 27.7 Å². The highest BCUT2D eigenvalue weighted by Crippen LogP contribution is 2.46. The summed E-state index contributed by atoms with van der Waals surface area (Å²) in [5.41, 5.74) is 2.26. The molecule has 8 nitrogen and oxygen atoms in total. The van der Waals surface area contributed by atoms with Gasteiger partial charge < -0.3 is 10.1 Å². The van der Waals surface area contributed by atoms with Gasteiger partial charge in [-0.1, -0.05) is 17.4 Å². The maximum Gasteiger partial charge on any atom is 0.219 e. The Bertz CT molecular complexity index is 1020. The van der Waals surface area contributed by atoms with E-state index in [1.54, 1.807) is 6.07 Å². The van der Waals surface area contributed by atoms with Crippen LogP contribution < -0.4 is 10.1 Å². The highest BCUT2D eigenvalue weighted by atomic mass is 32.1. The molecule has 3 heterocycles. The molecule has 2 atom stereocenters. The van der Waals surface area contributed by atoms with Crippen LogP contribution in [0.15, 0.2) is 24.4 Å². The first-order valence-corrected chi connectivity index (χ1v) is 10.3. The van der Waals surface area contributed by atoms with Gasteiger partial charge in [0.15, 0.2) is 5.78 Å². The number of carbonyl (C=O) groups is 1. The summed E-state index contributed by atoms with van der Waals surface area (Å²) in [4.78, 5) is 24.8. The summed E-state index contributed by atoms with van der Waals surface area (Å²) < 4.78 is 5.90. The van der Waals surface area contributed by atoms with Crippen molar-refractivity contribution in [3.63, 3.8) is 0 Å². The van der Waals surface area contributed by atoms with Gasteiger partial charge in [0.1, 0.15) is 15.8 Å². The quantitative estimate of drug-likeness (QED) is 0.564. The first-order valence-electron chi connectivity index (χ1n) is 9.46. The molecule has 0 saturated heterocycles. The lowest BCUT2D eigenvalue weighted by atomic mass is 10.2. The zero-order valence-electron chi connectivity index (χ0n) is 16.5. The standard InChI is InChI=1S/C20H22N6O2S/c1-11-4-5-16(21-8-11)15-6-14(15)10-28-18-7-17(23-20(24-18)12(2)27)22-9-19-26-25-13(3)29-19/h4-5,7-8,14-15H,6,9-10H2,1-3H3,(H,22,23,24)/t14?,15-/m0/s1. The molecule has 1 aliphatic carbocycles. The molecule has 0 aliphatic heterocycles. The van der Waals surface area contributed by atoms with E-state index in [-0.39, 0.29) is 11.6 Å². The third-order valence-electron chi connectivity index (χ3n) is 4.69. The van der Waals surface area contributed by atoms with Gasteiger partial charge in [-0.2, -0.15) is 4.98 Å². The fourth-order valence-electron chi connectivity index (χ4n) is 3.01. The van der Waals surface area contributed by atoms with Crippen LogP contribution in [0.3, 0.4) is 0 Å². The van der Waals surface area contributed by atoms with Crippen LogP contribution in [-0.4, -0.2) is 37.5 Å². The second-order valence-electron chi connectivity index (χ2n) is 7.21.